The van der Waals surface area contributed by atoms with E-state index in [1.54, 1.807) is 97.1 Å². The summed E-state index contributed by atoms with van der Waals surface area (Å²) in [5.74, 6) is -1.88. The number of amides is 2. The Morgan fingerprint density at radius 3 is 1.33 bits per heavy atom. The molecule has 0 aliphatic heterocycles. The number of hydrogen-bond donors (Lipinski definition) is 2. The molecule has 0 spiro atoms. The van der Waals surface area contributed by atoms with Gasteiger partial charge in [-0.1, -0.05) is 47.5 Å². The lowest BCUT2D eigenvalue weighted by Gasteiger charge is -2.06. The molecule has 0 fully saturated rings. The first-order chi connectivity index (χ1) is 20.8. The molecule has 12 heteroatoms. The van der Waals surface area contributed by atoms with E-state index < -0.39 is 30.2 Å². The number of ether oxygens (including phenoxy) is 2. The van der Waals surface area contributed by atoms with Crippen LogP contribution in [0, 0.1) is 0 Å². The second-order valence-electron chi connectivity index (χ2n) is 8.64. The van der Waals surface area contributed by atoms with Crippen LogP contribution in [0.4, 0.5) is 0 Å². The van der Waals surface area contributed by atoms with E-state index in [-0.39, 0.29) is 21.2 Å². The van der Waals surface area contributed by atoms with Crippen LogP contribution < -0.4 is 20.3 Å². The fourth-order valence-electron chi connectivity index (χ4n) is 3.40. The van der Waals surface area contributed by atoms with E-state index in [0.717, 1.165) is 0 Å². The molecule has 0 saturated heterocycles. The van der Waals surface area contributed by atoms with Crippen molar-refractivity contribution in [2.45, 2.75) is 6.42 Å². The predicted octanol–water partition coefficient (Wildman–Crippen LogP) is 5.42. The van der Waals surface area contributed by atoms with Crippen molar-refractivity contribution in [3.8, 4) is 11.5 Å². The summed E-state index contributed by atoms with van der Waals surface area (Å²) in [7, 11) is 0. The van der Waals surface area contributed by atoms with Crippen molar-refractivity contribution in [1.29, 1.82) is 0 Å². The standard InChI is InChI=1S/C31H22Cl2N4O6/c32-26-7-3-1-5-24(26)30(40)42-22-13-9-20(10-14-22)18-34-36-28(38)17-29(39)37-35-19-21-11-15-23(16-12-21)43-31(41)25-6-2-4-8-27(25)33/h1-16,18-19H,17H2,(H,36,38)(H,37,39). The Labute approximate surface area is 255 Å². The molecule has 43 heavy (non-hydrogen) atoms. The van der Waals surface area contributed by atoms with Gasteiger partial charge in [-0.15, -0.1) is 0 Å². The summed E-state index contributed by atoms with van der Waals surface area (Å²) in [5, 5.41) is 8.20. The van der Waals surface area contributed by atoms with Crippen LogP contribution in [0.5, 0.6) is 11.5 Å². The van der Waals surface area contributed by atoms with Gasteiger partial charge in [0.05, 0.1) is 33.6 Å². The minimum absolute atomic E-state index is 0.247. The van der Waals surface area contributed by atoms with Crippen molar-refractivity contribution in [1.82, 2.24) is 10.9 Å². The zero-order valence-corrected chi connectivity index (χ0v) is 23.7. The SMILES string of the molecule is O=C(CC(=O)NN=Cc1ccc(OC(=O)c2ccccc2Cl)cc1)NN=Cc1ccc(OC(=O)c2ccccc2Cl)cc1. The molecule has 2 amide bonds. The van der Waals surface area contributed by atoms with E-state index in [4.69, 9.17) is 32.7 Å². The quantitative estimate of drug-likeness (QED) is 0.0802. The van der Waals surface area contributed by atoms with E-state index in [2.05, 4.69) is 21.1 Å². The molecule has 0 aliphatic rings. The van der Waals surface area contributed by atoms with E-state index >= 15 is 0 Å². The van der Waals surface area contributed by atoms with Crippen molar-refractivity contribution in [2.24, 2.45) is 10.2 Å². The van der Waals surface area contributed by atoms with E-state index in [1.807, 2.05) is 0 Å². The van der Waals surface area contributed by atoms with E-state index in [0.29, 0.717) is 22.6 Å². The zero-order chi connectivity index (χ0) is 30.6. The van der Waals surface area contributed by atoms with Crippen LogP contribution in [-0.2, 0) is 9.59 Å². The third-order valence-electron chi connectivity index (χ3n) is 5.50. The van der Waals surface area contributed by atoms with Gasteiger partial charge in [0.15, 0.2) is 0 Å². The number of carbonyl (C=O) groups is 4. The molecule has 0 saturated carbocycles. The summed E-state index contributed by atoms with van der Waals surface area (Å²) in [6.45, 7) is 0. The maximum atomic E-state index is 12.2. The van der Waals surface area contributed by atoms with Gasteiger partial charge >= 0.3 is 11.9 Å². The minimum Gasteiger partial charge on any atom is -0.423 e. The van der Waals surface area contributed by atoms with Gasteiger partial charge in [-0.05, 0) is 83.9 Å². The average Bonchev–Trinajstić information content (AvgIpc) is 2.99. The van der Waals surface area contributed by atoms with Crippen LogP contribution in [0.25, 0.3) is 0 Å². The first-order valence-corrected chi connectivity index (χ1v) is 13.3. The normalized spacial score (nSPS) is 10.8. The van der Waals surface area contributed by atoms with Crippen molar-refractivity contribution in [3.05, 3.63) is 129 Å². The van der Waals surface area contributed by atoms with Gasteiger partial charge in [0, 0.05) is 0 Å². The molecule has 0 bridgehead atoms. The van der Waals surface area contributed by atoms with Crippen molar-refractivity contribution in [3.63, 3.8) is 0 Å². The van der Waals surface area contributed by atoms with Gasteiger partial charge in [0.25, 0.3) is 0 Å². The summed E-state index contributed by atoms with van der Waals surface area (Å²) >= 11 is 12.0. The number of benzene rings is 4. The van der Waals surface area contributed by atoms with E-state index in [1.165, 1.54) is 12.4 Å². The minimum atomic E-state index is -0.654. The number of esters is 2. The van der Waals surface area contributed by atoms with Crippen LogP contribution in [0.3, 0.4) is 0 Å². The predicted molar refractivity (Wildman–Crippen MR) is 162 cm³/mol. The van der Waals surface area contributed by atoms with Crippen LogP contribution in [0.2, 0.25) is 10.0 Å². The number of rotatable bonds is 10. The highest BCUT2D eigenvalue weighted by atomic mass is 35.5. The van der Waals surface area contributed by atoms with E-state index in [9.17, 15) is 19.2 Å². The highest BCUT2D eigenvalue weighted by Crippen LogP contribution is 2.20. The molecule has 0 atom stereocenters. The molecule has 4 rings (SSSR count). The summed E-state index contributed by atoms with van der Waals surface area (Å²) in [6.07, 6.45) is 2.22. The Hall–Kier alpha value is -5.32. The molecule has 4 aromatic carbocycles. The maximum absolute atomic E-state index is 12.2. The van der Waals surface area contributed by atoms with Crippen LogP contribution in [0.1, 0.15) is 38.3 Å². The lowest BCUT2D eigenvalue weighted by molar-refractivity contribution is -0.129. The second-order valence-corrected chi connectivity index (χ2v) is 9.45. The fourth-order valence-corrected chi connectivity index (χ4v) is 3.83. The van der Waals surface area contributed by atoms with Gasteiger partial charge in [0.1, 0.15) is 17.9 Å². The first kappa shape index (κ1) is 30.6. The summed E-state index contributed by atoms with van der Waals surface area (Å²) < 4.78 is 10.6. The van der Waals surface area contributed by atoms with Crippen LogP contribution in [0.15, 0.2) is 107 Å². The lowest BCUT2D eigenvalue weighted by atomic mass is 10.2. The Morgan fingerprint density at radius 2 is 0.953 bits per heavy atom. The Balaban J connectivity index is 1.17. The molecule has 216 valence electrons. The smallest absolute Gasteiger partial charge is 0.345 e. The number of hydrogen-bond acceptors (Lipinski definition) is 8. The topological polar surface area (TPSA) is 136 Å². The number of halogens is 2. The molecule has 2 N–H and O–H groups in total. The zero-order valence-electron chi connectivity index (χ0n) is 22.2. The fraction of sp³-hybridized carbons (Fsp3) is 0.0323. The molecule has 0 unspecified atom stereocenters. The average molecular weight is 617 g/mol. The second kappa shape index (κ2) is 15.1. The van der Waals surface area contributed by atoms with Crippen molar-refractivity contribution >= 4 is 59.4 Å². The number of hydrazone groups is 2. The Bertz CT molecular complexity index is 1560. The lowest BCUT2D eigenvalue weighted by Crippen LogP contribution is -2.27. The van der Waals surface area contributed by atoms with Crippen LogP contribution >= 0.6 is 23.2 Å². The first-order valence-electron chi connectivity index (χ1n) is 12.6. The molecule has 10 nitrogen and oxygen atoms in total. The molecule has 0 aromatic heterocycles. The number of carbonyl (C=O) groups excluding carboxylic acids is 4. The maximum Gasteiger partial charge on any atom is 0.345 e. The third-order valence-corrected chi connectivity index (χ3v) is 6.15. The van der Waals surface area contributed by atoms with Gasteiger partial charge in [-0.3, -0.25) is 9.59 Å². The summed E-state index contributed by atoms with van der Waals surface area (Å²) in [4.78, 5) is 48.5. The third kappa shape index (κ3) is 9.35. The molecular formula is C31H22Cl2N4O6. The van der Waals surface area contributed by atoms with Crippen LogP contribution in [-0.4, -0.2) is 36.2 Å². The van der Waals surface area contributed by atoms with Gasteiger partial charge in [-0.2, -0.15) is 10.2 Å². The highest BCUT2D eigenvalue weighted by Gasteiger charge is 2.13. The monoisotopic (exact) mass is 616 g/mol. The van der Waals surface area contributed by atoms with Crippen molar-refractivity contribution in [2.75, 3.05) is 0 Å². The van der Waals surface area contributed by atoms with Crippen molar-refractivity contribution < 1.29 is 28.7 Å². The molecule has 0 radical (unpaired) electrons. The summed E-state index contributed by atoms with van der Waals surface area (Å²) in [6, 6.07) is 25.8. The molecule has 0 aliphatic carbocycles. The van der Waals surface area contributed by atoms with Gasteiger partial charge in [-0.25, -0.2) is 20.4 Å². The number of nitrogens with one attached hydrogen (secondary N) is 2. The van der Waals surface area contributed by atoms with Gasteiger partial charge in [0.2, 0.25) is 11.8 Å². The van der Waals surface area contributed by atoms with Gasteiger partial charge < -0.3 is 9.47 Å². The molecule has 4 aromatic rings. The molecular weight excluding hydrogens is 595 g/mol. The largest absolute Gasteiger partial charge is 0.423 e. The number of nitrogens with zero attached hydrogens (tertiary/aromatic N) is 2. The highest BCUT2D eigenvalue weighted by molar-refractivity contribution is 6.34. The Morgan fingerprint density at radius 1 is 0.581 bits per heavy atom. The summed E-state index contributed by atoms with van der Waals surface area (Å²) in [5.41, 5.74) is 6.21. The Kier molecular flexibility index (Phi) is 10.7. The molecule has 0 heterocycles.